The first-order valence-electron chi connectivity index (χ1n) is 11.4. The van der Waals surface area contributed by atoms with Crippen molar-refractivity contribution in [2.24, 2.45) is 0 Å². The Morgan fingerprint density at radius 3 is 2.35 bits per heavy atom. The molecule has 3 aromatic carbocycles. The molecule has 1 saturated heterocycles. The van der Waals surface area contributed by atoms with Crippen molar-refractivity contribution in [2.45, 2.75) is 18.6 Å². The molecule has 1 aliphatic heterocycles. The van der Waals surface area contributed by atoms with E-state index >= 15 is 0 Å². The van der Waals surface area contributed by atoms with E-state index in [2.05, 4.69) is 5.32 Å². The lowest BCUT2D eigenvalue weighted by atomic mass is 10.1. The monoisotopic (exact) mass is 531 g/mol. The number of thioether (sulfide) groups is 1. The van der Waals surface area contributed by atoms with Gasteiger partial charge >= 0.3 is 5.97 Å². The van der Waals surface area contributed by atoms with Gasteiger partial charge < -0.3 is 10.1 Å². The normalized spacial score (nSPS) is 16.2. The standard InChI is InChI=1S/C28H22ClN3O4S/c1-2-36-28(35)19-10-8-18(9-11-19)16-24-26(34)32(22-6-4-3-5-7-22)27(37-24)23(17-30)25(33)31-21-14-12-20(29)13-15-21/h3-15,24H,2,16H2,1H3,(H,31,33). The zero-order valence-corrected chi connectivity index (χ0v) is 21.4. The number of nitrogens with one attached hydrogen (secondary N) is 1. The second-order valence-electron chi connectivity index (χ2n) is 7.99. The third-order valence-corrected chi connectivity index (χ3v) is 7.02. The lowest BCUT2D eigenvalue weighted by Crippen LogP contribution is -2.30. The van der Waals surface area contributed by atoms with Gasteiger partial charge in [-0.05, 0) is 67.4 Å². The first-order valence-corrected chi connectivity index (χ1v) is 12.7. The van der Waals surface area contributed by atoms with Gasteiger partial charge in [0.05, 0.1) is 17.4 Å². The molecule has 1 aliphatic rings. The summed E-state index contributed by atoms with van der Waals surface area (Å²) in [5.41, 5.74) is 2.12. The number of hydrogen-bond acceptors (Lipinski definition) is 6. The van der Waals surface area contributed by atoms with Crippen molar-refractivity contribution in [3.63, 3.8) is 0 Å². The number of amides is 2. The minimum absolute atomic E-state index is 0.169. The fourth-order valence-electron chi connectivity index (χ4n) is 3.73. The molecule has 1 fully saturated rings. The molecule has 0 saturated carbocycles. The first kappa shape index (κ1) is 26.0. The average molecular weight is 532 g/mol. The quantitative estimate of drug-likeness (QED) is 0.243. The first-order chi connectivity index (χ1) is 17.9. The van der Waals surface area contributed by atoms with Crippen LogP contribution in [0.25, 0.3) is 0 Å². The molecule has 37 heavy (non-hydrogen) atoms. The lowest BCUT2D eigenvalue weighted by Gasteiger charge is -2.18. The predicted molar refractivity (Wildman–Crippen MR) is 144 cm³/mol. The number of ether oxygens (including phenoxy) is 1. The molecule has 0 spiro atoms. The number of anilines is 2. The molecule has 0 aromatic heterocycles. The highest BCUT2D eigenvalue weighted by atomic mass is 35.5. The molecular formula is C28H22ClN3O4S. The van der Waals surface area contributed by atoms with Crippen LogP contribution in [0.4, 0.5) is 11.4 Å². The maximum atomic E-state index is 13.6. The van der Waals surface area contributed by atoms with E-state index in [0.29, 0.717) is 28.4 Å². The van der Waals surface area contributed by atoms with Crippen LogP contribution in [0, 0.1) is 11.3 Å². The highest BCUT2D eigenvalue weighted by molar-refractivity contribution is 8.05. The SMILES string of the molecule is CCOC(=O)c1ccc(CC2SC(=C(C#N)C(=O)Nc3ccc(Cl)cc3)N(c3ccccc3)C2=O)cc1. The van der Waals surface area contributed by atoms with Gasteiger partial charge in [-0.1, -0.05) is 53.7 Å². The van der Waals surface area contributed by atoms with E-state index in [4.69, 9.17) is 16.3 Å². The molecule has 186 valence electrons. The van der Waals surface area contributed by atoms with Gasteiger partial charge in [0.25, 0.3) is 5.91 Å². The van der Waals surface area contributed by atoms with E-state index in [1.54, 1.807) is 79.7 Å². The number of carbonyl (C=O) groups is 3. The number of hydrogen-bond donors (Lipinski definition) is 1. The third-order valence-electron chi connectivity index (χ3n) is 5.51. The van der Waals surface area contributed by atoms with Gasteiger partial charge in [-0.3, -0.25) is 14.5 Å². The van der Waals surface area contributed by atoms with Crippen LogP contribution in [-0.4, -0.2) is 29.6 Å². The van der Waals surface area contributed by atoms with Crippen molar-refractivity contribution in [3.8, 4) is 6.07 Å². The molecule has 1 N–H and O–H groups in total. The Labute approximate surface area is 223 Å². The van der Waals surface area contributed by atoms with Crippen LogP contribution in [0.1, 0.15) is 22.8 Å². The van der Waals surface area contributed by atoms with Crippen molar-refractivity contribution >= 4 is 52.5 Å². The lowest BCUT2D eigenvalue weighted by molar-refractivity contribution is -0.117. The molecule has 0 aliphatic carbocycles. The largest absolute Gasteiger partial charge is 0.462 e. The number of para-hydroxylation sites is 1. The van der Waals surface area contributed by atoms with Crippen molar-refractivity contribution in [3.05, 3.63) is 106 Å². The number of carbonyl (C=O) groups excluding carboxylic acids is 3. The highest BCUT2D eigenvalue weighted by Gasteiger charge is 2.40. The Morgan fingerprint density at radius 1 is 1.05 bits per heavy atom. The summed E-state index contributed by atoms with van der Waals surface area (Å²) in [4.78, 5) is 40.0. The van der Waals surface area contributed by atoms with Crippen LogP contribution < -0.4 is 10.2 Å². The van der Waals surface area contributed by atoms with Crippen molar-refractivity contribution in [1.82, 2.24) is 0 Å². The second kappa shape index (κ2) is 11.8. The molecule has 7 nitrogen and oxygen atoms in total. The van der Waals surface area contributed by atoms with Crippen molar-refractivity contribution in [2.75, 3.05) is 16.8 Å². The van der Waals surface area contributed by atoms with Gasteiger partial charge in [-0.25, -0.2) is 4.79 Å². The van der Waals surface area contributed by atoms with Gasteiger partial charge in [0, 0.05) is 16.4 Å². The summed E-state index contributed by atoms with van der Waals surface area (Å²) >= 11 is 7.09. The van der Waals surface area contributed by atoms with Crippen molar-refractivity contribution < 1.29 is 19.1 Å². The molecule has 0 radical (unpaired) electrons. The summed E-state index contributed by atoms with van der Waals surface area (Å²) in [6.45, 7) is 2.02. The highest BCUT2D eigenvalue weighted by Crippen LogP contribution is 2.42. The Morgan fingerprint density at radius 2 is 1.73 bits per heavy atom. The molecule has 1 atom stereocenters. The zero-order chi connectivity index (χ0) is 26.4. The molecule has 3 aromatic rings. The number of nitrogens with zero attached hydrogens (tertiary/aromatic N) is 2. The van der Waals surface area contributed by atoms with Gasteiger partial charge in [-0.2, -0.15) is 5.26 Å². The molecule has 0 bridgehead atoms. The van der Waals surface area contributed by atoms with Crippen LogP contribution in [0.3, 0.4) is 0 Å². The number of nitriles is 1. The average Bonchev–Trinajstić information content (AvgIpc) is 3.22. The smallest absolute Gasteiger partial charge is 0.338 e. The van der Waals surface area contributed by atoms with Gasteiger partial charge in [0.2, 0.25) is 5.91 Å². The van der Waals surface area contributed by atoms with Crippen LogP contribution in [0.5, 0.6) is 0 Å². The van der Waals surface area contributed by atoms with E-state index in [1.807, 2.05) is 12.1 Å². The number of esters is 1. The third kappa shape index (κ3) is 6.02. The van der Waals surface area contributed by atoms with E-state index in [9.17, 15) is 19.6 Å². The Balaban J connectivity index is 1.64. The van der Waals surface area contributed by atoms with E-state index in [1.165, 1.54) is 16.7 Å². The predicted octanol–water partition coefficient (Wildman–Crippen LogP) is 5.58. The van der Waals surface area contributed by atoms with Gasteiger partial charge in [0.15, 0.2) is 0 Å². The van der Waals surface area contributed by atoms with Crippen LogP contribution >= 0.6 is 23.4 Å². The Bertz CT molecular complexity index is 1380. The number of benzene rings is 3. The van der Waals surface area contributed by atoms with Crippen LogP contribution in [-0.2, 0) is 20.7 Å². The molecule has 1 heterocycles. The van der Waals surface area contributed by atoms with E-state index in [0.717, 1.165) is 5.56 Å². The molecule has 4 rings (SSSR count). The maximum absolute atomic E-state index is 13.6. The zero-order valence-electron chi connectivity index (χ0n) is 19.8. The van der Waals surface area contributed by atoms with Crippen LogP contribution in [0.2, 0.25) is 5.02 Å². The molecule has 9 heteroatoms. The summed E-state index contributed by atoms with van der Waals surface area (Å²) in [5.74, 6) is -1.28. The maximum Gasteiger partial charge on any atom is 0.338 e. The van der Waals surface area contributed by atoms with E-state index in [-0.39, 0.29) is 23.1 Å². The molecular weight excluding hydrogens is 510 g/mol. The fraction of sp³-hybridized carbons (Fsp3) is 0.143. The van der Waals surface area contributed by atoms with E-state index < -0.39 is 17.1 Å². The summed E-state index contributed by atoms with van der Waals surface area (Å²) in [7, 11) is 0. The molecule has 2 amide bonds. The minimum atomic E-state index is -0.625. The van der Waals surface area contributed by atoms with Crippen LogP contribution in [0.15, 0.2) is 89.5 Å². The summed E-state index contributed by atoms with van der Waals surface area (Å²) in [6.07, 6.45) is 0.344. The van der Waals surface area contributed by atoms with Gasteiger partial charge in [-0.15, -0.1) is 0 Å². The Hall–Kier alpha value is -4.06. The second-order valence-corrected chi connectivity index (χ2v) is 9.62. The summed E-state index contributed by atoms with van der Waals surface area (Å²) in [6, 6.07) is 24.2. The topological polar surface area (TPSA) is 99.5 Å². The molecule has 1 unspecified atom stereocenters. The Kier molecular flexibility index (Phi) is 8.29. The number of halogens is 1. The number of rotatable bonds is 7. The fourth-order valence-corrected chi connectivity index (χ4v) is 5.17. The van der Waals surface area contributed by atoms with Crippen molar-refractivity contribution in [1.29, 1.82) is 5.26 Å². The summed E-state index contributed by atoms with van der Waals surface area (Å²) < 4.78 is 5.02. The minimum Gasteiger partial charge on any atom is -0.462 e. The van der Waals surface area contributed by atoms with Gasteiger partial charge in [0.1, 0.15) is 16.7 Å². The summed E-state index contributed by atoms with van der Waals surface area (Å²) in [5, 5.41) is 12.9.